The summed E-state index contributed by atoms with van der Waals surface area (Å²) in [5, 5.41) is 0. The van der Waals surface area contributed by atoms with E-state index in [0.29, 0.717) is 0 Å². The second-order valence-electron chi connectivity index (χ2n) is 4.32. The fraction of sp³-hybridized carbons (Fsp3) is 0.143. The number of hydrogen-bond acceptors (Lipinski definition) is 1. The van der Waals surface area contributed by atoms with E-state index in [1.54, 1.807) is 0 Å². The molecule has 1 atom stereocenters. The van der Waals surface area contributed by atoms with Crippen molar-refractivity contribution in [2.45, 2.75) is 12.5 Å². The molecule has 0 aliphatic carbocycles. The first kappa shape index (κ1) is 14.5. The van der Waals surface area contributed by atoms with Crippen LogP contribution in [0.3, 0.4) is 0 Å². The third kappa shape index (κ3) is 2.80. The average molecular weight is 287 g/mol. The summed E-state index contributed by atoms with van der Waals surface area (Å²) >= 11 is 0. The zero-order valence-corrected chi connectivity index (χ0v) is 10.1. The molecule has 106 valence electrons. The normalized spacial score (nSPS) is 12.5. The molecule has 6 heteroatoms. The van der Waals surface area contributed by atoms with Crippen molar-refractivity contribution in [1.82, 2.24) is 0 Å². The van der Waals surface area contributed by atoms with E-state index in [-0.39, 0.29) is 17.5 Å². The van der Waals surface area contributed by atoms with Crippen molar-refractivity contribution >= 4 is 0 Å². The minimum absolute atomic E-state index is 0.0253. The Morgan fingerprint density at radius 3 is 2.05 bits per heavy atom. The minimum atomic E-state index is -1.60. The number of nitrogens with two attached hydrogens (primary N) is 1. The predicted molar refractivity (Wildman–Crippen MR) is 63.3 cm³/mol. The number of rotatable bonds is 3. The molecule has 20 heavy (non-hydrogen) atoms. The first-order chi connectivity index (χ1) is 9.40. The molecule has 2 aromatic rings. The maximum Gasteiger partial charge on any atom is 0.194 e. The van der Waals surface area contributed by atoms with Crippen molar-refractivity contribution in [3.8, 4) is 0 Å². The minimum Gasteiger partial charge on any atom is -0.324 e. The third-order valence-electron chi connectivity index (χ3n) is 2.91. The zero-order valence-electron chi connectivity index (χ0n) is 10.1. The SMILES string of the molecule is NC(Cc1cccc(F)c1F)c1cc(F)c(F)c(F)c1. The summed E-state index contributed by atoms with van der Waals surface area (Å²) in [4.78, 5) is 0. The van der Waals surface area contributed by atoms with Crippen molar-refractivity contribution in [2.24, 2.45) is 5.73 Å². The molecule has 0 heterocycles. The van der Waals surface area contributed by atoms with E-state index in [1.807, 2.05) is 0 Å². The second kappa shape index (κ2) is 5.58. The molecule has 2 N–H and O–H groups in total. The van der Waals surface area contributed by atoms with Crippen molar-refractivity contribution in [1.29, 1.82) is 0 Å². The van der Waals surface area contributed by atoms with Crippen LogP contribution in [-0.4, -0.2) is 0 Å². The molecule has 0 saturated carbocycles. The highest BCUT2D eigenvalue weighted by Gasteiger charge is 2.17. The van der Waals surface area contributed by atoms with Crippen LogP contribution in [0.5, 0.6) is 0 Å². The monoisotopic (exact) mass is 287 g/mol. The third-order valence-corrected chi connectivity index (χ3v) is 2.91. The average Bonchev–Trinajstić information content (AvgIpc) is 2.40. The zero-order chi connectivity index (χ0) is 14.9. The largest absolute Gasteiger partial charge is 0.324 e. The van der Waals surface area contributed by atoms with Gasteiger partial charge in [0.15, 0.2) is 29.1 Å². The van der Waals surface area contributed by atoms with Gasteiger partial charge in [0.2, 0.25) is 0 Å². The van der Waals surface area contributed by atoms with Gasteiger partial charge < -0.3 is 5.73 Å². The molecule has 0 aliphatic heterocycles. The van der Waals surface area contributed by atoms with Crippen LogP contribution in [0.15, 0.2) is 30.3 Å². The molecule has 0 radical (unpaired) electrons. The molecule has 0 spiro atoms. The van der Waals surface area contributed by atoms with E-state index >= 15 is 0 Å². The van der Waals surface area contributed by atoms with E-state index < -0.39 is 35.1 Å². The van der Waals surface area contributed by atoms with E-state index in [1.165, 1.54) is 12.1 Å². The molecule has 0 amide bonds. The van der Waals surface area contributed by atoms with Crippen LogP contribution in [0.1, 0.15) is 17.2 Å². The molecule has 2 rings (SSSR count). The van der Waals surface area contributed by atoms with E-state index in [9.17, 15) is 22.0 Å². The summed E-state index contributed by atoms with van der Waals surface area (Å²) in [6.45, 7) is 0. The van der Waals surface area contributed by atoms with Crippen molar-refractivity contribution in [2.75, 3.05) is 0 Å². The maximum atomic E-state index is 13.5. The number of benzene rings is 2. The summed E-state index contributed by atoms with van der Waals surface area (Å²) in [6.07, 6.45) is -0.173. The van der Waals surface area contributed by atoms with Crippen LogP contribution in [0.2, 0.25) is 0 Å². The Balaban J connectivity index is 2.28. The van der Waals surface area contributed by atoms with Crippen molar-refractivity contribution < 1.29 is 22.0 Å². The summed E-state index contributed by atoms with van der Waals surface area (Å²) < 4.78 is 65.5. The fourth-order valence-electron chi connectivity index (χ4n) is 1.85. The lowest BCUT2D eigenvalue weighted by Crippen LogP contribution is -2.15. The van der Waals surface area contributed by atoms with E-state index in [2.05, 4.69) is 0 Å². The Hall–Kier alpha value is -1.95. The first-order valence-electron chi connectivity index (χ1n) is 5.73. The number of hydrogen-bond donors (Lipinski definition) is 1. The first-order valence-corrected chi connectivity index (χ1v) is 5.73. The van der Waals surface area contributed by atoms with Gasteiger partial charge in [-0.15, -0.1) is 0 Å². The van der Waals surface area contributed by atoms with Crippen LogP contribution < -0.4 is 5.73 Å². The quantitative estimate of drug-likeness (QED) is 0.677. The standard InChI is InChI=1S/C14H10F5N/c15-9-3-1-2-7(13(9)18)6-12(20)8-4-10(16)14(19)11(17)5-8/h1-5,12H,6,20H2. The van der Waals surface area contributed by atoms with Gasteiger partial charge in [0.25, 0.3) is 0 Å². The lowest BCUT2D eigenvalue weighted by molar-refractivity contribution is 0.443. The molecule has 0 aliphatic rings. The summed E-state index contributed by atoms with van der Waals surface area (Å²) in [7, 11) is 0. The van der Waals surface area contributed by atoms with Gasteiger partial charge in [-0.3, -0.25) is 0 Å². The lowest BCUT2D eigenvalue weighted by atomic mass is 9.99. The van der Waals surface area contributed by atoms with Gasteiger partial charge >= 0.3 is 0 Å². The smallest absolute Gasteiger partial charge is 0.194 e. The topological polar surface area (TPSA) is 26.0 Å². The van der Waals surface area contributed by atoms with E-state index in [0.717, 1.165) is 18.2 Å². The van der Waals surface area contributed by atoms with Gasteiger partial charge in [-0.2, -0.15) is 0 Å². The highest BCUT2D eigenvalue weighted by atomic mass is 19.2. The fourth-order valence-corrected chi connectivity index (χ4v) is 1.85. The lowest BCUT2D eigenvalue weighted by Gasteiger charge is -2.13. The van der Waals surface area contributed by atoms with Gasteiger partial charge in [0.05, 0.1) is 0 Å². The van der Waals surface area contributed by atoms with Gasteiger partial charge in [-0.25, -0.2) is 22.0 Å². The molecule has 0 saturated heterocycles. The number of halogens is 5. The highest BCUT2D eigenvalue weighted by molar-refractivity contribution is 5.26. The molecular formula is C14H10F5N. The Labute approximate surface area is 111 Å². The van der Waals surface area contributed by atoms with Gasteiger partial charge in [0.1, 0.15) is 0 Å². The van der Waals surface area contributed by atoms with E-state index in [4.69, 9.17) is 5.73 Å². The predicted octanol–water partition coefficient (Wildman–Crippen LogP) is 3.62. The molecule has 1 nitrogen and oxygen atoms in total. The maximum absolute atomic E-state index is 13.5. The van der Waals surface area contributed by atoms with Gasteiger partial charge in [-0.05, 0) is 35.7 Å². The Morgan fingerprint density at radius 1 is 0.850 bits per heavy atom. The Kier molecular flexibility index (Phi) is 4.04. The molecule has 1 unspecified atom stereocenters. The van der Waals surface area contributed by atoms with Crippen LogP contribution in [-0.2, 0) is 6.42 Å². The van der Waals surface area contributed by atoms with Gasteiger partial charge in [0, 0.05) is 6.04 Å². The van der Waals surface area contributed by atoms with Crippen molar-refractivity contribution in [3.63, 3.8) is 0 Å². The molecule has 2 aromatic carbocycles. The molecular weight excluding hydrogens is 277 g/mol. The van der Waals surface area contributed by atoms with Gasteiger partial charge in [-0.1, -0.05) is 12.1 Å². The molecule has 0 bridgehead atoms. The van der Waals surface area contributed by atoms with Crippen molar-refractivity contribution in [3.05, 3.63) is 70.5 Å². The summed E-state index contributed by atoms with van der Waals surface area (Å²) in [5.41, 5.74) is 5.63. The molecule has 0 fully saturated rings. The van der Waals surface area contributed by atoms with Crippen LogP contribution in [0.4, 0.5) is 22.0 Å². The van der Waals surface area contributed by atoms with Crippen LogP contribution >= 0.6 is 0 Å². The highest BCUT2D eigenvalue weighted by Crippen LogP contribution is 2.22. The Bertz CT molecular complexity index is 618. The van der Waals surface area contributed by atoms with Crippen LogP contribution in [0.25, 0.3) is 0 Å². The summed E-state index contributed by atoms with van der Waals surface area (Å²) in [5.74, 6) is -6.46. The second-order valence-corrected chi connectivity index (χ2v) is 4.32. The molecule has 0 aromatic heterocycles. The Morgan fingerprint density at radius 2 is 1.45 bits per heavy atom. The summed E-state index contributed by atoms with van der Waals surface area (Å²) in [6, 6.07) is 4.04. The van der Waals surface area contributed by atoms with Crippen LogP contribution in [0, 0.1) is 29.1 Å².